The second-order valence-electron chi connectivity index (χ2n) is 20.0. The van der Waals surface area contributed by atoms with E-state index in [1.165, 1.54) is 44.9 Å². The van der Waals surface area contributed by atoms with E-state index in [0.29, 0.717) is 40.6 Å². The van der Waals surface area contributed by atoms with Crippen molar-refractivity contribution in [3.63, 3.8) is 0 Å². The van der Waals surface area contributed by atoms with Gasteiger partial charge in [0.25, 0.3) is 0 Å². The summed E-state index contributed by atoms with van der Waals surface area (Å²) in [5, 5.41) is 45.1. The number of anilines is 2. The highest BCUT2D eigenvalue weighted by Gasteiger charge is 2.65. The van der Waals surface area contributed by atoms with Crippen LogP contribution in [-0.2, 0) is 19.4 Å². The molecule has 10 rings (SSSR count). The van der Waals surface area contributed by atoms with Gasteiger partial charge >= 0.3 is 5.97 Å². The molecule has 0 amide bonds. The summed E-state index contributed by atoms with van der Waals surface area (Å²) in [5.41, 5.74) is 7.57. The summed E-state index contributed by atoms with van der Waals surface area (Å²) in [4.78, 5) is 27.1. The summed E-state index contributed by atoms with van der Waals surface area (Å²) in [7, 11) is 0. The Kier molecular flexibility index (Phi) is 11.3. The molecule has 4 fully saturated rings. The Morgan fingerprint density at radius 3 is 2.30 bits per heavy atom. The molecule has 0 saturated heterocycles. The van der Waals surface area contributed by atoms with Gasteiger partial charge in [0.1, 0.15) is 5.82 Å². The molecular weight excluding hydrogens is 785 g/mol. The smallest absolute Gasteiger partial charge is 0.355 e. The lowest BCUT2D eigenvalue weighted by atomic mass is 9.35. The molecule has 324 valence electrons. The van der Waals surface area contributed by atoms with Gasteiger partial charge in [-0.05, 0) is 149 Å². The summed E-state index contributed by atoms with van der Waals surface area (Å²) in [5.74, 6) is 0.240. The van der Waals surface area contributed by atoms with Crippen LogP contribution in [0.1, 0.15) is 122 Å². The minimum absolute atomic E-state index is 0.0187. The SMILES string of the molecule is Cc1c(Cc2nc3ccccc3s2)nnc2c1CCCN2c1ccc(-c2cnn(CC34CC5(C)CC(C)(CC(CCCN(CCCO)CCCO)(C5)C3)C4)c2C)c(C(=O)O)n1. The molecule has 4 aromatic heterocycles. The maximum Gasteiger partial charge on any atom is 0.355 e. The molecular formula is C48H62N8O4S. The van der Waals surface area contributed by atoms with Gasteiger partial charge in [-0.1, -0.05) is 26.0 Å². The van der Waals surface area contributed by atoms with E-state index < -0.39 is 5.97 Å². The summed E-state index contributed by atoms with van der Waals surface area (Å²) >= 11 is 1.69. The predicted octanol–water partition coefficient (Wildman–Crippen LogP) is 8.55. The molecule has 3 N–H and O–H groups in total. The Hall–Kier alpha value is -4.30. The summed E-state index contributed by atoms with van der Waals surface area (Å²) in [6.07, 6.45) is 15.6. The lowest BCUT2D eigenvalue weighted by Gasteiger charge is -2.70. The third-order valence-corrected chi connectivity index (χ3v) is 15.7. The number of nitrogens with zero attached hydrogens (tertiary/aromatic N) is 8. The van der Waals surface area contributed by atoms with Gasteiger partial charge in [-0.3, -0.25) is 4.68 Å². The maximum atomic E-state index is 13.0. The number of carbonyl (C=O) groups is 1. The second kappa shape index (κ2) is 16.4. The van der Waals surface area contributed by atoms with Crippen molar-refractivity contribution in [2.75, 3.05) is 44.3 Å². The van der Waals surface area contributed by atoms with Crippen LogP contribution in [-0.4, -0.2) is 95.5 Å². The first-order valence-corrected chi connectivity index (χ1v) is 23.3. The quantitative estimate of drug-likeness (QED) is 0.0825. The fraction of sp³-hybridized carbons (Fsp3) is 0.583. The standard InChI is InChI=1S/C48H62N8O4S/c1-32-34-11-7-20-55(43(34)53-52-38(32)23-41-50-37-12-5-6-13-39(37)61-41)40-15-14-35(42(51-40)44(59)60)36-24-49-56(33(36)2)31-48-28-45(3)25-46(4,29-48)27-47(26-45,30-48)16-8-17-54(18-9-21-57)19-10-22-58/h5-6,12-15,24,57-58H,7-11,16-23,25-31H2,1-4H3,(H,59,60). The van der Waals surface area contributed by atoms with Gasteiger partial charge < -0.3 is 25.1 Å². The number of para-hydroxylation sites is 1. The van der Waals surface area contributed by atoms with Gasteiger partial charge in [0.2, 0.25) is 0 Å². The van der Waals surface area contributed by atoms with Crippen molar-refractivity contribution < 1.29 is 20.1 Å². The van der Waals surface area contributed by atoms with Crippen LogP contribution in [0.25, 0.3) is 21.3 Å². The molecule has 61 heavy (non-hydrogen) atoms. The number of pyridine rings is 1. The highest BCUT2D eigenvalue weighted by atomic mass is 32.1. The van der Waals surface area contributed by atoms with Crippen LogP contribution in [0, 0.1) is 35.5 Å². The molecule has 4 saturated carbocycles. The van der Waals surface area contributed by atoms with Gasteiger partial charge in [-0.15, -0.1) is 16.4 Å². The van der Waals surface area contributed by atoms with Crippen molar-refractivity contribution in [2.24, 2.45) is 21.7 Å². The summed E-state index contributed by atoms with van der Waals surface area (Å²) < 4.78 is 3.33. The van der Waals surface area contributed by atoms with Crippen molar-refractivity contribution >= 4 is 39.2 Å². The average molecular weight is 847 g/mol. The summed E-state index contributed by atoms with van der Waals surface area (Å²) in [6.45, 7) is 13.9. The van der Waals surface area contributed by atoms with Crippen LogP contribution >= 0.6 is 11.3 Å². The van der Waals surface area contributed by atoms with Crippen molar-refractivity contribution in [1.82, 2.24) is 34.8 Å². The topological polar surface area (TPSA) is 154 Å². The minimum atomic E-state index is -1.06. The number of aromatic carboxylic acids is 1. The Labute approximate surface area is 363 Å². The average Bonchev–Trinajstić information content (AvgIpc) is 3.79. The number of aromatic nitrogens is 6. The van der Waals surface area contributed by atoms with E-state index in [2.05, 4.69) is 43.3 Å². The molecule has 1 aliphatic heterocycles. The summed E-state index contributed by atoms with van der Waals surface area (Å²) in [6, 6.07) is 12.0. The fourth-order valence-electron chi connectivity index (χ4n) is 13.6. The van der Waals surface area contributed by atoms with Crippen LogP contribution in [0.3, 0.4) is 0 Å². The number of rotatable bonds is 17. The number of fused-ring (bicyclic) bond motifs is 2. The zero-order valence-corrected chi connectivity index (χ0v) is 37.2. The fourth-order valence-corrected chi connectivity index (χ4v) is 14.5. The molecule has 4 bridgehead atoms. The van der Waals surface area contributed by atoms with Crippen molar-refractivity contribution in [1.29, 1.82) is 0 Å². The van der Waals surface area contributed by atoms with E-state index in [4.69, 9.17) is 25.3 Å². The van der Waals surface area contributed by atoms with Crippen LogP contribution in [0.4, 0.5) is 11.6 Å². The van der Waals surface area contributed by atoms with Crippen LogP contribution in [0.5, 0.6) is 0 Å². The number of aliphatic hydroxyl groups excluding tert-OH is 2. The zero-order chi connectivity index (χ0) is 42.6. The third-order valence-electron chi connectivity index (χ3n) is 14.6. The number of thiazole rings is 1. The number of aliphatic hydroxyl groups is 2. The van der Waals surface area contributed by atoms with Crippen molar-refractivity contribution in [3.8, 4) is 11.1 Å². The van der Waals surface area contributed by atoms with Gasteiger partial charge in [0.15, 0.2) is 11.5 Å². The molecule has 0 radical (unpaired) electrons. The van der Waals surface area contributed by atoms with E-state index in [9.17, 15) is 20.1 Å². The third kappa shape index (κ3) is 8.23. The van der Waals surface area contributed by atoms with Crippen molar-refractivity contribution in [3.05, 3.63) is 75.8 Å². The predicted molar refractivity (Wildman–Crippen MR) is 240 cm³/mol. The molecule has 13 heteroatoms. The Balaban J connectivity index is 0.945. The van der Waals surface area contributed by atoms with Gasteiger partial charge in [0, 0.05) is 68.2 Å². The van der Waals surface area contributed by atoms with Crippen LogP contribution in [0.2, 0.25) is 0 Å². The van der Waals surface area contributed by atoms with Gasteiger partial charge in [-0.2, -0.15) is 10.2 Å². The van der Waals surface area contributed by atoms with Crippen molar-refractivity contribution in [2.45, 2.75) is 118 Å². The Bertz CT molecular complexity index is 2370. The van der Waals surface area contributed by atoms with E-state index in [-0.39, 0.29) is 24.3 Å². The number of hydrogen-bond acceptors (Lipinski definition) is 11. The molecule has 2 atom stereocenters. The number of carboxylic acid groups (broad SMARTS) is 1. The van der Waals surface area contributed by atoms with E-state index in [0.717, 1.165) is 107 Å². The Morgan fingerprint density at radius 2 is 1.57 bits per heavy atom. The zero-order valence-electron chi connectivity index (χ0n) is 36.4. The molecule has 5 aliphatic rings. The second-order valence-corrected chi connectivity index (χ2v) is 21.1. The van der Waals surface area contributed by atoms with E-state index >= 15 is 0 Å². The number of carboxylic acids is 1. The molecule has 0 spiro atoms. The Morgan fingerprint density at radius 1 is 0.852 bits per heavy atom. The van der Waals surface area contributed by atoms with Crippen LogP contribution < -0.4 is 4.90 Å². The van der Waals surface area contributed by atoms with E-state index in [1.807, 2.05) is 41.4 Å². The molecule has 2 unspecified atom stereocenters. The minimum Gasteiger partial charge on any atom is -0.476 e. The maximum absolute atomic E-state index is 13.0. The lowest BCUT2D eigenvalue weighted by Crippen LogP contribution is -2.60. The first-order valence-electron chi connectivity index (χ1n) is 22.5. The largest absolute Gasteiger partial charge is 0.476 e. The molecule has 12 nitrogen and oxygen atoms in total. The van der Waals surface area contributed by atoms with Gasteiger partial charge in [0.05, 0.1) is 27.1 Å². The first-order chi connectivity index (χ1) is 29.3. The van der Waals surface area contributed by atoms with Crippen LogP contribution in [0.15, 0.2) is 42.6 Å². The monoisotopic (exact) mass is 846 g/mol. The molecule has 4 aliphatic carbocycles. The molecule has 5 heterocycles. The first kappa shape index (κ1) is 42.0. The van der Waals surface area contributed by atoms with E-state index in [1.54, 1.807) is 11.3 Å². The van der Waals surface area contributed by atoms with Gasteiger partial charge in [-0.25, -0.2) is 14.8 Å². The number of hydrogen-bond donors (Lipinski definition) is 3. The molecule has 1 aromatic carbocycles. The normalized spacial score (nSPS) is 25.5. The number of benzene rings is 1. The lowest BCUT2D eigenvalue weighted by molar-refractivity contribution is -0.198. The molecule has 5 aromatic rings. The highest BCUT2D eigenvalue weighted by molar-refractivity contribution is 7.18. The highest BCUT2D eigenvalue weighted by Crippen LogP contribution is 2.75.